The van der Waals surface area contributed by atoms with Gasteiger partial charge in [0.05, 0.1) is 12.0 Å². The lowest BCUT2D eigenvalue weighted by atomic mass is 9.83. The Morgan fingerprint density at radius 2 is 2.08 bits per heavy atom. The zero-order valence-electron chi connectivity index (χ0n) is 14.6. The molecule has 1 fully saturated rings. The third-order valence-electron chi connectivity index (χ3n) is 5.28. The number of carboxylic acid groups (broad SMARTS) is 1. The molecule has 0 spiro atoms. The van der Waals surface area contributed by atoms with E-state index in [4.69, 9.17) is 5.73 Å². The van der Waals surface area contributed by atoms with E-state index in [9.17, 15) is 9.90 Å². The molecule has 2 unspecified atom stereocenters. The Bertz CT molecular complexity index is 704. The molecule has 3 rings (SSSR count). The predicted octanol–water partition coefficient (Wildman–Crippen LogP) is 3.73. The molecule has 2 aromatic heterocycles. The van der Waals surface area contributed by atoms with Gasteiger partial charge in [-0.3, -0.25) is 4.79 Å². The molecule has 3 N–H and O–H groups in total. The molecule has 0 radical (unpaired) electrons. The molecule has 0 aromatic carbocycles. The number of hydrogen-bond acceptors (Lipinski definition) is 4. The molecule has 6 heteroatoms. The van der Waals surface area contributed by atoms with Gasteiger partial charge in [0.1, 0.15) is 11.7 Å². The molecular weight excluding hydrogens is 316 g/mol. The third-order valence-corrected chi connectivity index (χ3v) is 5.28. The fourth-order valence-corrected chi connectivity index (χ4v) is 3.90. The highest BCUT2D eigenvalue weighted by molar-refractivity contribution is 5.77. The fourth-order valence-electron chi connectivity index (χ4n) is 3.90. The molecule has 1 aliphatic rings. The van der Waals surface area contributed by atoms with Gasteiger partial charge in [0, 0.05) is 24.4 Å². The summed E-state index contributed by atoms with van der Waals surface area (Å²) in [5.74, 6) is -1.27. The van der Waals surface area contributed by atoms with Gasteiger partial charge in [-0.25, -0.2) is 9.97 Å². The smallest absolute Gasteiger partial charge is 0.313 e. The average molecular weight is 342 g/mol. The summed E-state index contributed by atoms with van der Waals surface area (Å²) in [6.07, 6.45) is 12.1. The second-order valence-electron chi connectivity index (χ2n) is 6.88. The lowest BCUT2D eigenvalue weighted by molar-refractivity contribution is -0.139. The van der Waals surface area contributed by atoms with Crippen molar-refractivity contribution in [2.45, 2.75) is 63.3 Å². The maximum absolute atomic E-state index is 12.0. The number of rotatable bonds is 6. The van der Waals surface area contributed by atoms with Crippen molar-refractivity contribution in [3.63, 3.8) is 0 Å². The summed E-state index contributed by atoms with van der Waals surface area (Å²) in [6.45, 7) is 2.00. The third kappa shape index (κ3) is 3.83. The van der Waals surface area contributed by atoms with Crippen molar-refractivity contribution in [2.24, 2.45) is 0 Å². The van der Waals surface area contributed by atoms with E-state index >= 15 is 0 Å². The number of aliphatic carboxylic acids is 1. The summed E-state index contributed by atoms with van der Waals surface area (Å²) in [6, 6.07) is 4.03. The van der Waals surface area contributed by atoms with Crippen molar-refractivity contribution in [1.82, 2.24) is 14.5 Å². The molecule has 0 bridgehead atoms. The van der Waals surface area contributed by atoms with Crippen LogP contribution in [0.5, 0.6) is 0 Å². The largest absolute Gasteiger partial charge is 0.481 e. The SMILES string of the molecule is CCC(c1ccc(N)nc1)C(C(=O)O)c1cn(C2CCCCC2)cn1. The van der Waals surface area contributed by atoms with E-state index in [1.165, 1.54) is 19.3 Å². The van der Waals surface area contributed by atoms with Gasteiger partial charge < -0.3 is 15.4 Å². The van der Waals surface area contributed by atoms with Crippen LogP contribution in [0.4, 0.5) is 5.82 Å². The number of carboxylic acids is 1. The first kappa shape index (κ1) is 17.5. The number of carbonyl (C=O) groups is 1. The summed E-state index contributed by atoms with van der Waals surface area (Å²) in [4.78, 5) is 20.6. The van der Waals surface area contributed by atoms with Crippen LogP contribution in [0, 0.1) is 0 Å². The molecule has 0 aliphatic heterocycles. The Labute approximate surface area is 148 Å². The first-order chi connectivity index (χ1) is 12.1. The van der Waals surface area contributed by atoms with E-state index in [1.807, 2.05) is 19.2 Å². The highest BCUT2D eigenvalue weighted by Gasteiger charge is 2.32. The molecule has 134 valence electrons. The highest BCUT2D eigenvalue weighted by atomic mass is 16.4. The van der Waals surface area contributed by atoms with Gasteiger partial charge in [0.15, 0.2) is 0 Å². The molecular formula is C19H26N4O2. The minimum Gasteiger partial charge on any atom is -0.481 e. The van der Waals surface area contributed by atoms with Gasteiger partial charge in [-0.05, 0) is 30.9 Å². The fraction of sp³-hybridized carbons (Fsp3) is 0.526. The maximum Gasteiger partial charge on any atom is 0.313 e. The van der Waals surface area contributed by atoms with Gasteiger partial charge in [-0.15, -0.1) is 0 Å². The summed E-state index contributed by atoms with van der Waals surface area (Å²) < 4.78 is 2.11. The molecule has 0 amide bonds. The van der Waals surface area contributed by atoms with Crippen LogP contribution in [0.1, 0.15) is 74.6 Å². The van der Waals surface area contributed by atoms with E-state index in [2.05, 4.69) is 14.5 Å². The number of nitrogen functional groups attached to an aromatic ring is 1. The zero-order chi connectivity index (χ0) is 17.8. The highest BCUT2D eigenvalue weighted by Crippen LogP contribution is 2.36. The number of nitrogens with zero attached hydrogens (tertiary/aromatic N) is 3. The molecule has 0 saturated heterocycles. The van der Waals surface area contributed by atoms with Crippen molar-refractivity contribution in [3.8, 4) is 0 Å². The van der Waals surface area contributed by atoms with Crippen LogP contribution in [-0.2, 0) is 4.79 Å². The maximum atomic E-state index is 12.0. The number of pyridine rings is 1. The standard InChI is InChI=1S/C19H26N4O2/c1-2-15(13-8-9-17(20)21-10-13)18(19(24)25)16-11-23(12-22-16)14-6-4-3-5-7-14/h8-12,14-15,18H,2-7H2,1H3,(H2,20,21)(H,24,25). The summed E-state index contributed by atoms with van der Waals surface area (Å²) in [7, 11) is 0. The van der Waals surface area contributed by atoms with Gasteiger partial charge >= 0.3 is 5.97 Å². The van der Waals surface area contributed by atoms with Crippen LogP contribution in [0.25, 0.3) is 0 Å². The minimum absolute atomic E-state index is 0.180. The van der Waals surface area contributed by atoms with Crippen LogP contribution in [-0.4, -0.2) is 25.6 Å². The topological polar surface area (TPSA) is 94.0 Å². The van der Waals surface area contributed by atoms with Crippen LogP contribution >= 0.6 is 0 Å². The van der Waals surface area contributed by atoms with Crippen LogP contribution in [0.15, 0.2) is 30.9 Å². The van der Waals surface area contributed by atoms with E-state index < -0.39 is 11.9 Å². The zero-order valence-corrected chi connectivity index (χ0v) is 14.6. The Hall–Kier alpha value is -2.37. The first-order valence-electron chi connectivity index (χ1n) is 9.07. The monoisotopic (exact) mass is 342 g/mol. The van der Waals surface area contributed by atoms with Crippen molar-refractivity contribution in [2.75, 3.05) is 5.73 Å². The van der Waals surface area contributed by atoms with E-state index in [0.717, 1.165) is 18.4 Å². The van der Waals surface area contributed by atoms with Gasteiger partial charge in [-0.2, -0.15) is 0 Å². The number of imidazole rings is 1. The number of aromatic nitrogens is 3. The molecule has 25 heavy (non-hydrogen) atoms. The number of hydrogen-bond donors (Lipinski definition) is 2. The summed E-state index contributed by atoms with van der Waals surface area (Å²) >= 11 is 0. The summed E-state index contributed by atoms with van der Waals surface area (Å²) in [5, 5.41) is 9.87. The quantitative estimate of drug-likeness (QED) is 0.834. The number of anilines is 1. The Morgan fingerprint density at radius 3 is 2.68 bits per heavy atom. The number of nitrogens with two attached hydrogens (primary N) is 1. The summed E-state index contributed by atoms with van der Waals surface area (Å²) in [5.41, 5.74) is 7.17. The minimum atomic E-state index is -0.849. The molecule has 1 saturated carbocycles. The van der Waals surface area contributed by atoms with E-state index in [1.54, 1.807) is 18.6 Å². The van der Waals surface area contributed by atoms with Gasteiger partial charge in [0.25, 0.3) is 0 Å². The van der Waals surface area contributed by atoms with Crippen LogP contribution in [0.3, 0.4) is 0 Å². The van der Waals surface area contributed by atoms with Crippen LogP contribution < -0.4 is 5.73 Å². The molecule has 2 aromatic rings. The second kappa shape index (κ2) is 7.68. The molecule has 2 atom stereocenters. The average Bonchev–Trinajstić information content (AvgIpc) is 3.10. The lowest BCUT2D eigenvalue weighted by Crippen LogP contribution is -2.20. The first-order valence-corrected chi connectivity index (χ1v) is 9.07. The molecule has 6 nitrogen and oxygen atoms in total. The predicted molar refractivity (Wildman–Crippen MR) is 96.4 cm³/mol. The lowest BCUT2D eigenvalue weighted by Gasteiger charge is -2.23. The Balaban J connectivity index is 1.88. The molecule has 2 heterocycles. The Kier molecular flexibility index (Phi) is 5.36. The van der Waals surface area contributed by atoms with Crippen LogP contribution in [0.2, 0.25) is 0 Å². The van der Waals surface area contributed by atoms with Crippen molar-refractivity contribution < 1.29 is 9.90 Å². The molecule has 1 aliphatic carbocycles. The van der Waals surface area contributed by atoms with E-state index in [-0.39, 0.29) is 5.92 Å². The van der Waals surface area contributed by atoms with Gasteiger partial charge in [-0.1, -0.05) is 32.3 Å². The van der Waals surface area contributed by atoms with E-state index in [0.29, 0.717) is 24.0 Å². The van der Waals surface area contributed by atoms with Gasteiger partial charge in [0.2, 0.25) is 0 Å². The van der Waals surface area contributed by atoms with Crippen molar-refractivity contribution in [3.05, 3.63) is 42.1 Å². The van der Waals surface area contributed by atoms with Crippen molar-refractivity contribution in [1.29, 1.82) is 0 Å². The van der Waals surface area contributed by atoms with Crippen molar-refractivity contribution >= 4 is 11.8 Å². The Morgan fingerprint density at radius 1 is 1.32 bits per heavy atom. The second-order valence-corrected chi connectivity index (χ2v) is 6.88. The normalized spacial score (nSPS) is 18.0.